The van der Waals surface area contributed by atoms with Crippen LogP contribution in [0.3, 0.4) is 0 Å². The van der Waals surface area contributed by atoms with Crippen molar-refractivity contribution in [2.24, 2.45) is 5.92 Å². The van der Waals surface area contributed by atoms with Gasteiger partial charge in [0.25, 0.3) is 0 Å². The number of amides is 1. The minimum atomic E-state index is 0.0904. The molecule has 1 fully saturated rings. The third kappa shape index (κ3) is 4.85. The molecule has 1 aliphatic heterocycles. The minimum Gasteiger partial charge on any atom is -0.325 e. The number of hydrogen-bond acceptors (Lipinski definition) is 2. The van der Waals surface area contributed by atoms with Crippen LogP contribution in [0.4, 0.5) is 5.69 Å². The van der Waals surface area contributed by atoms with Crippen molar-refractivity contribution >= 4 is 11.6 Å². The molecule has 0 aliphatic carbocycles. The summed E-state index contributed by atoms with van der Waals surface area (Å²) in [5.74, 6) is 0.797. The third-order valence-corrected chi connectivity index (χ3v) is 4.14. The maximum absolute atomic E-state index is 12.1. The molecule has 1 atom stereocenters. The monoisotopic (exact) mass is 288 g/mol. The number of piperidine rings is 1. The molecule has 3 nitrogen and oxygen atoms in total. The zero-order valence-electron chi connectivity index (χ0n) is 13.8. The van der Waals surface area contributed by atoms with Gasteiger partial charge in [-0.05, 0) is 48.4 Å². The number of hydrogen-bond donors (Lipinski definition) is 1. The molecule has 21 heavy (non-hydrogen) atoms. The summed E-state index contributed by atoms with van der Waals surface area (Å²) in [6, 6.07) is 8.19. The standard InChI is InChI=1S/C18H28N2O/c1-14-6-5-11-20(12-14)13-17(21)19-16-9-7-15(8-10-16)18(2,3)4/h7-10,14H,5-6,11-13H2,1-4H3,(H,19,21)/t14-/m0/s1. The van der Waals surface area contributed by atoms with Crippen molar-refractivity contribution in [1.29, 1.82) is 0 Å². The van der Waals surface area contributed by atoms with Crippen molar-refractivity contribution in [3.05, 3.63) is 29.8 Å². The van der Waals surface area contributed by atoms with Crippen molar-refractivity contribution in [3.63, 3.8) is 0 Å². The van der Waals surface area contributed by atoms with Gasteiger partial charge in [-0.15, -0.1) is 0 Å². The highest BCUT2D eigenvalue weighted by molar-refractivity contribution is 5.92. The second kappa shape index (κ2) is 6.61. The fraction of sp³-hybridized carbons (Fsp3) is 0.611. The van der Waals surface area contributed by atoms with Gasteiger partial charge in [-0.3, -0.25) is 9.69 Å². The molecule has 0 aromatic heterocycles. The molecular formula is C18H28N2O. The number of benzene rings is 1. The molecule has 1 N–H and O–H groups in total. The van der Waals surface area contributed by atoms with E-state index in [1.165, 1.54) is 18.4 Å². The maximum atomic E-state index is 12.1. The Labute approximate surface area is 128 Å². The first-order chi connectivity index (χ1) is 9.84. The summed E-state index contributed by atoms with van der Waals surface area (Å²) in [5.41, 5.74) is 2.32. The summed E-state index contributed by atoms with van der Waals surface area (Å²) in [7, 11) is 0. The predicted octanol–water partition coefficient (Wildman–Crippen LogP) is 3.65. The SMILES string of the molecule is C[C@H]1CCCN(CC(=O)Nc2ccc(C(C)(C)C)cc2)C1. The average molecular weight is 288 g/mol. The van der Waals surface area contributed by atoms with Crippen molar-refractivity contribution in [1.82, 2.24) is 4.90 Å². The maximum Gasteiger partial charge on any atom is 0.238 e. The summed E-state index contributed by atoms with van der Waals surface area (Å²) in [6.07, 6.45) is 2.49. The van der Waals surface area contributed by atoms with Crippen LogP contribution in [0.15, 0.2) is 24.3 Å². The van der Waals surface area contributed by atoms with Gasteiger partial charge in [-0.25, -0.2) is 0 Å². The number of nitrogens with zero attached hydrogens (tertiary/aromatic N) is 1. The lowest BCUT2D eigenvalue weighted by molar-refractivity contribution is -0.117. The number of carbonyl (C=O) groups is 1. The van der Waals surface area contributed by atoms with Gasteiger partial charge in [0.15, 0.2) is 0 Å². The summed E-state index contributed by atoms with van der Waals surface area (Å²) < 4.78 is 0. The van der Waals surface area contributed by atoms with Gasteiger partial charge >= 0.3 is 0 Å². The summed E-state index contributed by atoms with van der Waals surface area (Å²) >= 11 is 0. The van der Waals surface area contributed by atoms with Crippen LogP contribution >= 0.6 is 0 Å². The van der Waals surface area contributed by atoms with E-state index in [9.17, 15) is 4.79 Å². The molecule has 0 radical (unpaired) electrons. The molecule has 1 amide bonds. The lowest BCUT2D eigenvalue weighted by atomic mass is 9.87. The Hall–Kier alpha value is -1.35. The third-order valence-electron chi connectivity index (χ3n) is 4.14. The number of anilines is 1. The fourth-order valence-electron chi connectivity index (χ4n) is 2.89. The van der Waals surface area contributed by atoms with E-state index >= 15 is 0 Å². The van der Waals surface area contributed by atoms with Gasteiger partial charge in [0.2, 0.25) is 5.91 Å². The molecule has 0 spiro atoms. The van der Waals surface area contributed by atoms with Crippen molar-refractivity contribution < 1.29 is 4.79 Å². The Morgan fingerprint density at radius 2 is 1.95 bits per heavy atom. The van der Waals surface area contributed by atoms with Crippen LogP contribution in [0.2, 0.25) is 0 Å². The minimum absolute atomic E-state index is 0.0904. The quantitative estimate of drug-likeness (QED) is 0.920. The number of carbonyl (C=O) groups excluding carboxylic acids is 1. The van der Waals surface area contributed by atoms with Crippen molar-refractivity contribution in [3.8, 4) is 0 Å². The van der Waals surface area contributed by atoms with Crippen molar-refractivity contribution in [2.75, 3.05) is 25.0 Å². The van der Waals surface area contributed by atoms with Gasteiger partial charge in [-0.2, -0.15) is 0 Å². The highest BCUT2D eigenvalue weighted by Gasteiger charge is 2.18. The number of nitrogens with one attached hydrogen (secondary N) is 1. The molecule has 0 bridgehead atoms. The molecule has 2 rings (SSSR count). The van der Waals surface area contributed by atoms with Crippen LogP contribution in [-0.2, 0) is 10.2 Å². The van der Waals surface area contributed by atoms with E-state index in [0.717, 1.165) is 18.8 Å². The first-order valence-electron chi connectivity index (χ1n) is 7.97. The first-order valence-corrected chi connectivity index (χ1v) is 7.97. The van der Waals surface area contributed by atoms with Gasteiger partial charge in [0, 0.05) is 12.2 Å². The predicted molar refractivity (Wildman–Crippen MR) is 88.6 cm³/mol. The molecule has 1 heterocycles. The van der Waals surface area contributed by atoms with Crippen LogP contribution in [0.1, 0.15) is 46.1 Å². The Balaban J connectivity index is 1.87. The number of likely N-dealkylation sites (tertiary alicyclic amines) is 1. The van der Waals surface area contributed by atoms with Gasteiger partial charge in [0.05, 0.1) is 6.54 Å². The highest BCUT2D eigenvalue weighted by Crippen LogP contribution is 2.23. The van der Waals surface area contributed by atoms with Crippen LogP contribution in [0, 0.1) is 5.92 Å². The van der Waals surface area contributed by atoms with E-state index in [0.29, 0.717) is 12.5 Å². The Kier molecular flexibility index (Phi) is 5.04. The van der Waals surface area contributed by atoms with Gasteiger partial charge < -0.3 is 5.32 Å². The second-order valence-electron chi connectivity index (χ2n) is 7.36. The van der Waals surface area contributed by atoms with E-state index in [1.54, 1.807) is 0 Å². The molecular weight excluding hydrogens is 260 g/mol. The number of rotatable bonds is 3. The summed E-state index contributed by atoms with van der Waals surface area (Å²) in [5, 5.41) is 3.00. The second-order valence-corrected chi connectivity index (χ2v) is 7.36. The fourth-order valence-corrected chi connectivity index (χ4v) is 2.89. The summed E-state index contributed by atoms with van der Waals surface area (Å²) in [6.45, 7) is 11.4. The molecule has 1 aromatic carbocycles. The molecule has 0 unspecified atom stereocenters. The zero-order valence-corrected chi connectivity index (χ0v) is 13.8. The van der Waals surface area contributed by atoms with E-state index in [2.05, 4.69) is 50.0 Å². The van der Waals surface area contributed by atoms with Crippen LogP contribution in [-0.4, -0.2) is 30.4 Å². The van der Waals surface area contributed by atoms with Gasteiger partial charge in [0.1, 0.15) is 0 Å². The van der Waals surface area contributed by atoms with Crippen LogP contribution < -0.4 is 5.32 Å². The smallest absolute Gasteiger partial charge is 0.238 e. The largest absolute Gasteiger partial charge is 0.325 e. The molecule has 3 heteroatoms. The van der Waals surface area contributed by atoms with Crippen molar-refractivity contribution in [2.45, 2.75) is 46.0 Å². The van der Waals surface area contributed by atoms with E-state index < -0.39 is 0 Å². The Morgan fingerprint density at radius 3 is 2.52 bits per heavy atom. The van der Waals surface area contributed by atoms with E-state index in [1.807, 2.05) is 12.1 Å². The lowest BCUT2D eigenvalue weighted by Gasteiger charge is -2.30. The van der Waals surface area contributed by atoms with Crippen LogP contribution in [0.5, 0.6) is 0 Å². The topological polar surface area (TPSA) is 32.3 Å². The first kappa shape index (κ1) is 16.0. The lowest BCUT2D eigenvalue weighted by Crippen LogP contribution is -2.39. The zero-order chi connectivity index (χ0) is 15.5. The van der Waals surface area contributed by atoms with E-state index in [-0.39, 0.29) is 11.3 Å². The summed E-state index contributed by atoms with van der Waals surface area (Å²) in [4.78, 5) is 14.4. The Morgan fingerprint density at radius 1 is 1.29 bits per heavy atom. The molecule has 1 aromatic rings. The average Bonchev–Trinajstić information content (AvgIpc) is 2.38. The highest BCUT2D eigenvalue weighted by atomic mass is 16.2. The van der Waals surface area contributed by atoms with Gasteiger partial charge in [-0.1, -0.05) is 39.8 Å². The molecule has 0 saturated carbocycles. The molecule has 1 aliphatic rings. The normalized spacial score (nSPS) is 20.3. The molecule has 116 valence electrons. The van der Waals surface area contributed by atoms with Crippen LogP contribution in [0.25, 0.3) is 0 Å². The Bertz CT molecular complexity index is 473. The van der Waals surface area contributed by atoms with E-state index in [4.69, 9.17) is 0 Å². The molecule has 1 saturated heterocycles.